The van der Waals surface area contributed by atoms with Crippen LogP contribution in [0.4, 0.5) is 0 Å². The summed E-state index contributed by atoms with van der Waals surface area (Å²) in [7, 11) is 0. The third-order valence-corrected chi connectivity index (χ3v) is 3.85. The van der Waals surface area contributed by atoms with Crippen molar-refractivity contribution in [3.05, 3.63) is 77.9 Å². The number of phenols is 1. The number of carboxylic acid groups (broad SMARTS) is 1. The fraction of sp³-hybridized carbons (Fsp3) is 0.100. The lowest BCUT2D eigenvalue weighted by Gasteiger charge is -2.14. The quantitative estimate of drug-likeness (QED) is 0.734. The second kappa shape index (κ2) is 6.96. The first-order chi connectivity index (χ1) is 11.6. The highest BCUT2D eigenvalue weighted by Gasteiger charge is 2.09. The van der Waals surface area contributed by atoms with Gasteiger partial charge in [-0.2, -0.15) is 0 Å². The van der Waals surface area contributed by atoms with Gasteiger partial charge in [0.05, 0.1) is 12.0 Å². The molecule has 0 bridgehead atoms. The van der Waals surface area contributed by atoms with Crippen molar-refractivity contribution in [3.8, 4) is 5.75 Å². The van der Waals surface area contributed by atoms with Crippen LogP contribution < -0.4 is 5.11 Å². The highest BCUT2D eigenvalue weighted by molar-refractivity contribution is 6.00. The van der Waals surface area contributed by atoms with E-state index in [0.717, 1.165) is 21.9 Å². The second-order valence-corrected chi connectivity index (χ2v) is 5.55. The molecular weight excluding hydrogens is 302 g/mol. The Hall–Kier alpha value is -3.14. The van der Waals surface area contributed by atoms with E-state index in [1.165, 1.54) is 12.1 Å². The van der Waals surface area contributed by atoms with E-state index >= 15 is 0 Å². The molecule has 3 aromatic rings. The van der Waals surface area contributed by atoms with Crippen LogP contribution in [0.5, 0.6) is 5.75 Å². The van der Waals surface area contributed by atoms with Crippen LogP contribution in [-0.4, -0.2) is 23.3 Å². The van der Waals surface area contributed by atoms with Gasteiger partial charge in [0.1, 0.15) is 5.75 Å². The van der Waals surface area contributed by atoms with Crippen molar-refractivity contribution in [2.75, 3.05) is 0 Å². The van der Waals surface area contributed by atoms with Gasteiger partial charge in [-0.1, -0.05) is 54.6 Å². The number of aromatic hydroxyl groups is 1. The van der Waals surface area contributed by atoms with Gasteiger partial charge >= 0.3 is 0 Å². The lowest BCUT2D eigenvalue weighted by molar-refractivity contribution is -0.307. The number of benzene rings is 3. The van der Waals surface area contributed by atoms with Crippen LogP contribution in [0.3, 0.4) is 0 Å². The van der Waals surface area contributed by atoms with Gasteiger partial charge in [-0.25, -0.2) is 0 Å². The van der Waals surface area contributed by atoms with Gasteiger partial charge in [-0.05, 0) is 28.5 Å². The molecule has 0 aliphatic rings. The number of nitrogens with zero attached hydrogens (tertiary/aromatic N) is 1. The van der Waals surface area contributed by atoms with Crippen molar-refractivity contribution in [2.24, 2.45) is 4.99 Å². The Morgan fingerprint density at radius 3 is 2.50 bits per heavy atom. The van der Waals surface area contributed by atoms with Crippen LogP contribution in [0.1, 0.15) is 11.1 Å². The Morgan fingerprint density at radius 2 is 1.75 bits per heavy atom. The first kappa shape index (κ1) is 15.7. The van der Waals surface area contributed by atoms with Gasteiger partial charge in [-0.3, -0.25) is 4.99 Å². The lowest BCUT2D eigenvalue weighted by Crippen LogP contribution is -2.36. The molecule has 0 spiro atoms. The molecule has 0 aliphatic carbocycles. The lowest BCUT2D eigenvalue weighted by atomic mass is 10.0. The summed E-state index contributed by atoms with van der Waals surface area (Å²) in [5, 5.41) is 22.8. The predicted octanol–water partition coefficient (Wildman–Crippen LogP) is 2.33. The Labute approximate surface area is 139 Å². The Morgan fingerprint density at radius 1 is 1.04 bits per heavy atom. The van der Waals surface area contributed by atoms with Crippen LogP contribution in [-0.2, 0) is 11.2 Å². The van der Waals surface area contributed by atoms with Crippen LogP contribution in [0.15, 0.2) is 71.7 Å². The summed E-state index contributed by atoms with van der Waals surface area (Å²) in [5.41, 5.74) is 1.64. The van der Waals surface area contributed by atoms with Crippen LogP contribution in [0, 0.1) is 0 Å². The number of carbonyl (C=O) groups excluding carboxylic acids is 1. The van der Waals surface area contributed by atoms with E-state index in [1.807, 2.05) is 42.5 Å². The van der Waals surface area contributed by atoms with Crippen molar-refractivity contribution >= 4 is 23.0 Å². The number of carboxylic acids is 1. The molecular formula is C20H16NO3-. The van der Waals surface area contributed by atoms with E-state index in [2.05, 4.69) is 4.99 Å². The number of phenolic OH excluding ortho intramolecular Hbond substituents is 1. The standard InChI is InChI=1S/C20H17NO3/c22-17-10-8-14(9-11-17)12-19(20(23)24)21-13-16-6-3-5-15-4-1-2-7-18(15)16/h1-11,13,19,22H,12H2,(H,23,24)/p-1/t19-/m0/s1. The fourth-order valence-electron chi connectivity index (χ4n) is 2.59. The van der Waals surface area contributed by atoms with Crippen molar-refractivity contribution < 1.29 is 15.0 Å². The first-order valence-corrected chi connectivity index (χ1v) is 7.63. The molecule has 24 heavy (non-hydrogen) atoms. The third-order valence-electron chi connectivity index (χ3n) is 3.85. The number of hydrogen-bond donors (Lipinski definition) is 1. The monoisotopic (exact) mass is 318 g/mol. The van der Waals surface area contributed by atoms with Gasteiger partial charge in [0.15, 0.2) is 0 Å². The van der Waals surface area contributed by atoms with Gasteiger partial charge in [-0.15, -0.1) is 0 Å². The summed E-state index contributed by atoms with van der Waals surface area (Å²) in [6.45, 7) is 0. The number of fused-ring (bicyclic) bond motifs is 1. The maximum Gasteiger partial charge on any atom is 0.115 e. The molecule has 4 heteroatoms. The van der Waals surface area contributed by atoms with Crippen LogP contribution >= 0.6 is 0 Å². The van der Waals surface area contributed by atoms with E-state index < -0.39 is 12.0 Å². The van der Waals surface area contributed by atoms with E-state index in [1.54, 1.807) is 18.3 Å². The fourth-order valence-corrected chi connectivity index (χ4v) is 2.59. The van der Waals surface area contributed by atoms with Crippen molar-refractivity contribution in [3.63, 3.8) is 0 Å². The zero-order chi connectivity index (χ0) is 16.9. The molecule has 0 amide bonds. The largest absolute Gasteiger partial charge is 0.548 e. The molecule has 3 rings (SSSR count). The summed E-state index contributed by atoms with van der Waals surface area (Å²) in [5.74, 6) is -1.08. The second-order valence-electron chi connectivity index (χ2n) is 5.55. The van der Waals surface area contributed by atoms with Crippen LogP contribution in [0.2, 0.25) is 0 Å². The molecule has 1 N–H and O–H groups in total. The zero-order valence-electron chi connectivity index (χ0n) is 12.9. The molecule has 0 heterocycles. The Kier molecular flexibility index (Phi) is 4.57. The molecule has 0 saturated heterocycles. The maximum atomic E-state index is 11.4. The van der Waals surface area contributed by atoms with Crippen molar-refractivity contribution in [1.82, 2.24) is 0 Å². The van der Waals surface area contributed by atoms with E-state index in [9.17, 15) is 15.0 Å². The summed E-state index contributed by atoms with van der Waals surface area (Å²) >= 11 is 0. The normalized spacial score (nSPS) is 12.5. The van der Waals surface area contributed by atoms with Gasteiger partial charge in [0.2, 0.25) is 0 Å². The van der Waals surface area contributed by atoms with Gasteiger partial charge < -0.3 is 15.0 Å². The highest BCUT2D eigenvalue weighted by atomic mass is 16.4. The molecule has 1 atom stereocenters. The third kappa shape index (κ3) is 3.60. The maximum absolute atomic E-state index is 11.4. The van der Waals surface area contributed by atoms with E-state index in [0.29, 0.717) is 0 Å². The Bertz CT molecular complexity index is 880. The molecule has 3 aromatic carbocycles. The van der Waals surface area contributed by atoms with Gasteiger partial charge in [0.25, 0.3) is 0 Å². The molecule has 4 nitrogen and oxygen atoms in total. The summed E-state index contributed by atoms with van der Waals surface area (Å²) in [4.78, 5) is 15.6. The summed E-state index contributed by atoms with van der Waals surface area (Å²) in [6.07, 6.45) is 1.80. The zero-order valence-corrected chi connectivity index (χ0v) is 12.9. The number of rotatable bonds is 5. The average molecular weight is 318 g/mol. The van der Waals surface area contributed by atoms with Crippen molar-refractivity contribution in [1.29, 1.82) is 0 Å². The minimum Gasteiger partial charge on any atom is -0.548 e. The van der Waals surface area contributed by atoms with E-state index in [4.69, 9.17) is 0 Å². The molecule has 0 unspecified atom stereocenters. The number of aliphatic imine (C=N–C) groups is 1. The minimum atomic E-state index is -1.22. The highest BCUT2D eigenvalue weighted by Crippen LogP contribution is 2.17. The number of aliphatic carboxylic acids is 1. The molecule has 0 fully saturated rings. The topological polar surface area (TPSA) is 72.7 Å². The van der Waals surface area contributed by atoms with Crippen molar-refractivity contribution in [2.45, 2.75) is 12.5 Å². The number of hydrogen-bond acceptors (Lipinski definition) is 4. The first-order valence-electron chi connectivity index (χ1n) is 7.63. The number of carbonyl (C=O) groups is 1. The summed E-state index contributed by atoms with van der Waals surface area (Å²) < 4.78 is 0. The van der Waals surface area contributed by atoms with Crippen LogP contribution in [0.25, 0.3) is 10.8 Å². The SMILES string of the molecule is O=C([O-])[C@H](Cc1ccc(O)cc1)N=Cc1cccc2ccccc12. The molecule has 120 valence electrons. The molecule has 0 saturated carbocycles. The smallest absolute Gasteiger partial charge is 0.115 e. The minimum absolute atomic E-state index is 0.142. The molecule has 0 aromatic heterocycles. The molecule has 0 aliphatic heterocycles. The molecule has 0 radical (unpaired) electrons. The van der Waals surface area contributed by atoms with Gasteiger partial charge in [0, 0.05) is 18.2 Å². The summed E-state index contributed by atoms with van der Waals surface area (Å²) in [6, 6.07) is 19.1. The van der Waals surface area contributed by atoms with E-state index in [-0.39, 0.29) is 12.2 Å². The average Bonchev–Trinajstić information content (AvgIpc) is 2.60. The Balaban J connectivity index is 1.85. The predicted molar refractivity (Wildman–Crippen MR) is 92.1 cm³/mol.